The molecule has 2 aromatic rings. The number of piperazine rings is 1. The molecule has 0 unspecified atom stereocenters. The van der Waals surface area contributed by atoms with Crippen LogP contribution in [0.15, 0.2) is 42.5 Å². The van der Waals surface area contributed by atoms with E-state index >= 15 is 0 Å². The molecule has 2 amide bonds. The molecule has 0 atom stereocenters. The zero-order valence-electron chi connectivity index (χ0n) is 16.1. The van der Waals surface area contributed by atoms with E-state index < -0.39 is 11.7 Å². The maximum atomic E-state index is 13.8. The molecular formula is C21H24FN3O3. The molecule has 0 saturated carbocycles. The quantitative estimate of drug-likeness (QED) is 0.859. The molecule has 1 aliphatic heterocycles. The maximum Gasteiger partial charge on any atom is 0.255 e. The van der Waals surface area contributed by atoms with E-state index in [-0.39, 0.29) is 17.2 Å². The van der Waals surface area contributed by atoms with E-state index in [0.717, 1.165) is 37.8 Å². The van der Waals surface area contributed by atoms with Gasteiger partial charge in [-0.05, 0) is 42.9 Å². The van der Waals surface area contributed by atoms with Crippen LogP contribution in [0.1, 0.15) is 15.9 Å². The minimum Gasteiger partial charge on any atom is -0.494 e. The van der Waals surface area contributed by atoms with Crippen molar-refractivity contribution < 1.29 is 18.7 Å². The number of halogens is 1. The van der Waals surface area contributed by atoms with E-state index in [0.29, 0.717) is 12.1 Å². The highest BCUT2D eigenvalue weighted by Crippen LogP contribution is 2.19. The average molecular weight is 385 g/mol. The minimum absolute atomic E-state index is 0.0888. The van der Waals surface area contributed by atoms with Crippen LogP contribution in [0.5, 0.6) is 5.75 Å². The van der Waals surface area contributed by atoms with Gasteiger partial charge in [0.25, 0.3) is 5.91 Å². The van der Waals surface area contributed by atoms with Gasteiger partial charge in [-0.1, -0.05) is 12.1 Å². The standard InChI is InChI=1S/C21H24FN3O3/c1-24-9-11-25(12-10-24)20(26)13-15-3-6-17(7-4-15)23-21(27)16-5-8-19(28-2)18(22)14-16/h3-8,14H,9-13H2,1-2H3,(H,23,27). The molecule has 148 valence electrons. The third-order valence-electron chi connectivity index (χ3n) is 4.84. The van der Waals surface area contributed by atoms with Crippen LogP contribution >= 0.6 is 0 Å². The van der Waals surface area contributed by atoms with Crippen LogP contribution in [-0.2, 0) is 11.2 Å². The highest BCUT2D eigenvalue weighted by molar-refractivity contribution is 6.04. The Morgan fingerprint density at radius 1 is 1.07 bits per heavy atom. The van der Waals surface area contributed by atoms with Crippen molar-refractivity contribution in [2.24, 2.45) is 0 Å². The number of amides is 2. The Bertz CT molecular complexity index is 846. The number of methoxy groups -OCH3 is 1. The summed E-state index contributed by atoms with van der Waals surface area (Å²) in [5.74, 6) is -0.805. The smallest absolute Gasteiger partial charge is 0.255 e. The molecular weight excluding hydrogens is 361 g/mol. The molecule has 0 spiro atoms. The number of rotatable bonds is 5. The minimum atomic E-state index is -0.590. The number of benzene rings is 2. The molecule has 1 aliphatic rings. The SMILES string of the molecule is COc1ccc(C(=O)Nc2ccc(CC(=O)N3CCN(C)CC3)cc2)cc1F. The third-order valence-corrected chi connectivity index (χ3v) is 4.84. The molecule has 1 saturated heterocycles. The number of hydrogen-bond acceptors (Lipinski definition) is 4. The number of hydrogen-bond donors (Lipinski definition) is 1. The predicted molar refractivity (Wildman–Crippen MR) is 105 cm³/mol. The van der Waals surface area contributed by atoms with E-state index in [1.165, 1.54) is 19.2 Å². The molecule has 0 aliphatic carbocycles. The largest absolute Gasteiger partial charge is 0.494 e. The van der Waals surface area contributed by atoms with E-state index in [9.17, 15) is 14.0 Å². The topological polar surface area (TPSA) is 61.9 Å². The highest BCUT2D eigenvalue weighted by atomic mass is 19.1. The van der Waals surface area contributed by atoms with Crippen molar-refractivity contribution in [2.75, 3.05) is 45.7 Å². The summed E-state index contributed by atoms with van der Waals surface area (Å²) < 4.78 is 18.6. The first kappa shape index (κ1) is 19.8. The van der Waals surface area contributed by atoms with Gasteiger partial charge in [0.05, 0.1) is 13.5 Å². The number of nitrogens with zero attached hydrogens (tertiary/aromatic N) is 2. The van der Waals surface area contributed by atoms with Crippen LogP contribution in [0.2, 0.25) is 0 Å². The lowest BCUT2D eigenvalue weighted by Gasteiger charge is -2.32. The van der Waals surface area contributed by atoms with Gasteiger partial charge >= 0.3 is 0 Å². The van der Waals surface area contributed by atoms with Gasteiger partial charge in [0.1, 0.15) is 0 Å². The van der Waals surface area contributed by atoms with Crippen LogP contribution in [0, 0.1) is 5.82 Å². The second kappa shape index (κ2) is 8.84. The van der Waals surface area contributed by atoms with Crippen molar-refractivity contribution in [3.63, 3.8) is 0 Å². The normalized spacial score (nSPS) is 14.6. The number of ether oxygens (including phenoxy) is 1. The lowest BCUT2D eigenvalue weighted by Crippen LogP contribution is -2.47. The van der Waals surface area contributed by atoms with Crippen molar-refractivity contribution in [3.05, 3.63) is 59.4 Å². The van der Waals surface area contributed by atoms with Crippen LogP contribution in [0.25, 0.3) is 0 Å². The molecule has 6 nitrogen and oxygen atoms in total. The Morgan fingerprint density at radius 3 is 2.36 bits per heavy atom. The number of anilines is 1. The molecule has 3 rings (SSSR count). The Labute approximate surface area is 163 Å². The molecule has 1 fully saturated rings. The van der Waals surface area contributed by atoms with Crippen molar-refractivity contribution in [3.8, 4) is 5.75 Å². The first-order chi connectivity index (χ1) is 13.5. The molecule has 0 aromatic heterocycles. The summed E-state index contributed by atoms with van der Waals surface area (Å²) in [7, 11) is 3.42. The lowest BCUT2D eigenvalue weighted by atomic mass is 10.1. The molecule has 0 radical (unpaired) electrons. The van der Waals surface area contributed by atoms with Crippen LogP contribution < -0.4 is 10.1 Å². The molecule has 28 heavy (non-hydrogen) atoms. The summed E-state index contributed by atoms with van der Waals surface area (Å²) in [6, 6.07) is 11.2. The summed E-state index contributed by atoms with van der Waals surface area (Å²) in [6.07, 6.45) is 0.335. The Kier molecular flexibility index (Phi) is 6.26. The molecule has 2 aromatic carbocycles. The Hall–Kier alpha value is -2.93. The summed E-state index contributed by atoms with van der Waals surface area (Å²) in [6.45, 7) is 3.29. The van der Waals surface area contributed by atoms with E-state index in [4.69, 9.17) is 4.74 Å². The number of nitrogens with one attached hydrogen (secondary N) is 1. The highest BCUT2D eigenvalue weighted by Gasteiger charge is 2.19. The van der Waals surface area contributed by atoms with Gasteiger partial charge < -0.3 is 19.9 Å². The van der Waals surface area contributed by atoms with Gasteiger partial charge in [0.15, 0.2) is 11.6 Å². The number of carbonyl (C=O) groups excluding carboxylic acids is 2. The zero-order chi connectivity index (χ0) is 20.1. The number of carbonyl (C=O) groups is 2. The number of likely N-dealkylation sites (N-methyl/N-ethyl adjacent to an activating group) is 1. The van der Waals surface area contributed by atoms with Crippen molar-refractivity contribution in [2.45, 2.75) is 6.42 Å². The predicted octanol–water partition coefficient (Wildman–Crippen LogP) is 2.40. The van der Waals surface area contributed by atoms with Gasteiger partial charge in [0, 0.05) is 37.4 Å². The first-order valence-electron chi connectivity index (χ1n) is 9.16. The second-order valence-corrected chi connectivity index (χ2v) is 6.86. The first-order valence-corrected chi connectivity index (χ1v) is 9.16. The fourth-order valence-electron chi connectivity index (χ4n) is 3.06. The summed E-state index contributed by atoms with van der Waals surface area (Å²) in [5.41, 5.74) is 1.67. The van der Waals surface area contributed by atoms with E-state index in [1.54, 1.807) is 12.1 Å². The van der Waals surface area contributed by atoms with Gasteiger partial charge in [0.2, 0.25) is 5.91 Å². The lowest BCUT2D eigenvalue weighted by molar-refractivity contribution is -0.132. The Morgan fingerprint density at radius 2 is 1.75 bits per heavy atom. The fraction of sp³-hybridized carbons (Fsp3) is 0.333. The summed E-state index contributed by atoms with van der Waals surface area (Å²) in [4.78, 5) is 28.8. The molecule has 1 N–H and O–H groups in total. The van der Waals surface area contributed by atoms with Crippen molar-refractivity contribution in [1.29, 1.82) is 0 Å². The second-order valence-electron chi connectivity index (χ2n) is 6.86. The van der Waals surface area contributed by atoms with E-state index in [1.807, 2.05) is 17.0 Å². The summed E-state index contributed by atoms with van der Waals surface area (Å²) >= 11 is 0. The van der Waals surface area contributed by atoms with Gasteiger partial charge in [-0.3, -0.25) is 9.59 Å². The van der Waals surface area contributed by atoms with Crippen molar-refractivity contribution in [1.82, 2.24) is 9.80 Å². The van der Waals surface area contributed by atoms with Crippen molar-refractivity contribution >= 4 is 17.5 Å². The fourth-order valence-corrected chi connectivity index (χ4v) is 3.06. The maximum absolute atomic E-state index is 13.8. The Balaban J connectivity index is 1.57. The van der Waals surface area contributed by atoms with Crippen LogP contribution in [0.4, 0.5) is 10.1 Å². The van der Waals surface area contributed by atoms with Gasteiger partial charge in [-0.15, -0.1) is 0 Å². The summed E-state index contributed by atoms with van der Waals surface area (Å²) in [5, 5.41) is 2.72. The third kappa shape index (κ3) is 4.86. The average Bonchev–Trinajstić information content (AvgIpc) is 2.69. The molecule has 7 heteroatoms. The zero-order valence-corrected chi connectivity index (χ0v) is 16.1. The van der Waals surface area contributed by atoms with Gasteiger partial charge in [-0.25, -0.2) is 4.39 Å². The van der Waals surface area contributed by atoms with Gasteiger partial charge in [-0.2, -0.15) is 0 Å². The molecule has 1 heterocycles. The monoisotopic (exact) mass is 385 g/mol. The van der Waals surface area contributed by atoms with Crippen LogP contribution in [-0.4, -0.2) is 62.0 Å². The molecule has 0 bridgehead atoms. The van der Waals surface area contributed by atoms with E-state index in [2.05, 4.69) is 17.3 Å². The van der Waals surface area contributed by atoms with Crippen LogP contribution in [0.3, 0.4) is 0 Å².